The van der Waals surface area contributed by atoms with Gasteiger partial charge in [-0.3, -0.25) is 43.3 Å². The van der Waals surface area contributed by atoms with Gasteiger partial charge < -0.3 is 97.5 Å². The van der Waals surface area contributed by atoms with Crippen molar-refractivity contribution in [3.8, 4) is 5.75 Å². The van der Waals surface area contributed by atoms with Crippen LogP contribution in [0.2, 0.25) is 0 Å². The Morgan fingerprint density at radius 2 is 1.23 bits per heavy atom. The van der Waals surface area contributed by atoms with Gasteiger partial charge in [-0.1, -0.05) is 0 Å². The van der Waals surface area contributed by atoms with E-state index in [9.17, 15) is 63.6 Å². The lowest BCUT2D eigenvalue weighted by molar-refractivity contribution is -0.296. The molecule has 6 N–H and O–H groups in total. The first kappa shape index (κ1) is 65.0. The molecule has 5 aliphatic heterocycles. The quantitative estimate of drug-likeness (QED) is 0.0168. The highest BCUT2D eigenvalue weighted by Crippen LogP contribution is 2.32. The number of aliphatic hydroxyl groups excluding tert-OH is 4. The number of imide groups is 1. The molecular formula is C51H70N6O24S2. The van der Waals surface area contributed by atoms with Crippen LogP contribution >= 0.6 is 24.4 Å². The third kappa shape index (κ3) is 17.7. The maximum atomic E-state index is 13.6. The van der Waals surface area contributed by atoms with E-state index in [-0.39, 0.29) is 160 Å². The van der Waals surface area contributed by atoms with Gasteiger partial charge in [-0.25, -0.2) is 4.79 Å². The topological polar surface area (TPSA) is 375 Å². The summed E-state index contributed by atoms with van der Waals surface area (Å²) in [6.07, 6.45) is -8.22. The van der Waals surface area contributed by atoms with E-state index >= 15 is 0 Å². The average Bonchev–Trinajstić information content (AvgIpc) is 3.40. The van der Waals surface area contributed by atoms with E-state index in [1.807, 2.05) is 0 Å². The fraction of sp³-hybridized carbons (Fsp3) is 0.667. The summed E-state index contributed by atoms with van der Waals surface area (Å²) in [4.78, 5) is 116. The summed E-state index contributed by atoms with van der Waals surface area (Å²) in [5.74, 6) is -3.79. The van der Waals surface area contributed by atoms with Crippen LogP contribution in [0.3, 0.4) is 0 Å². The summed E-state index contributed by atoms with van der Waals surface area (Å²) < 4.78 is 62.6. The molecule has 1 unspecified atom stereocenters. The summed E-state index contributed by atoms with van der Waals surface area (Å²) >= 11 is 4.76. The molecule has 1 aromatic heterocycles. The fourth-order valence-corrected chi connectivity index (χ4v) is 10.8. The third-order valence-electron chi connectivity index (χ3n) is 13.8. The van der Waals surface area contributed by atoms with Crippen molar-refractivity contribution in [1.29, 1.82) is 0 Å². The van der Waals surface area contributed by atoms with Gasteiger partial charge in [-0.15, -0.1) is 24.4 Å². The van der Waals surface area contributed by atoms with Gasteiger partial charge in [0.15, 0.2) is 17.7 Å². The number of benzene rings is 1. The summed E-state index contributed by atoms with van der Waals surface area (Å²) in [6, 6.07) is 2.91. The number of hydrogen-bond donors (Lipinski definition) is 7. The van der Waals surface area contributed by atoms with Crippen LogP contribution in [0.1, 0.15) is 30.6 Å². The standard InChI is InChI=1S/C51H70N6O24S2/c1-28(58)55-5-9-78-50-42(55)46(67)44(65)34(80-50)21-52-37(60)25-73-13-11-71-15-17-76-40(63)24-54-23-32(31-19-30(3-4-33(31)54)75-8-7-57-39(62)20-36(48(57)69)83-27-41(64)82)49(70)77-18-16-72-12-14-74-26-38(61)53-22-35-45(66)47(68)43-51(81-35)79-10-6-56(43)29(2)59/h3-4,19,23,34-36,42-47,50-51,65-68H,5-18,20-22,24-27H2,1-2H3,(H,52,60)(H,53,61)(H,64,82)/t34-,35-,36?,42-,43-,44+,45+,46-,47-,50+,51+/m1/s1. The van der Waals surface area contributed by atoms with Crippen molar-refractivity contribution in [1.82, 2.24) is 29.9 Å². The van der Waals surface area contributed by atoms with Crippen molar-refractivity contribution < 1.29 is 116 Å². The highest BCUT2D eigenvalue weighted by atomic mass is 32.2. The van der Waals surface area contributed by atoms with E-state index in [2.05, 4.69) is 23.3 Å². The zero-order chi connectivity index (χ0) is 59.7. The highest BCUT2D eigenvalue weighted by Gasteiger charge is 2.51. The molecule has 32 heteroatoms. The van der Waals surface area contributed by atoms with E-state index < -0.39 is 107 Å². The molecule has 6 amide bonds. The Bertz CT molecular complexity index is 2610. The molecular weight excluding hydrogens is 1140 g/mol. The van der Waals surface area contributed by atoms with E-state index in [0.717, 1.165) is 16.7 Å². The molecule has 30 nitrogen and oxygen atoms in total. The molecule has 0 bridgehead atoms. The molecule has 5 aliphatic rings. The Labute approximate surface area is 485 Å². The molecule has 6 heterocycles. The maximum absolute atomic E-state index is 13.6. The normalized spacial score (nSPS) is 26.1. The lowest BCUT2D eigenvalue weighted by Gasteiger charge is -2.49. The number of esters is 2. The van der Waals surface area contributed by atoms with E-state index in [1.54, 1.807) is 12.1 Å². The second-order valence-corrected chi connectivity index (χ2v) is 21.2. The van der Waals surface area contributed by atoms with E-state index in [0.29, 0.717) is 10.9 Å². The van der Waals surface area contributed by atoms with Gasteiger partial charge in [-0.05, 0) is 18.2 Å². The average molecular weight is 1220 g/mol. The molecule has 0 saturated carbocycles. The van der Waals surface area contributed by atoms with Gasteiger partial charge in [0.25, 0.3) is 0 Å². The van der Waals surface area contributed by atoms with Crippen molar-refractivity contribution in [2.75, 3.05) is 124 Å². The van der Waals surface area contributed by atoms with E-state index in [1.165, 1.54) is 40.5 Å². The third-order valence-corrected chi connectivity index (χ3v) is 15.4. The minimum absolute atomic E-state index is 0.00150. The number of likely N-dealkylation sites (tertiary alicyclic amines) is 1. The molecule has 0 aliphatic carbocycles. The predicted octanol–water partition coefficient (Wildman–Crippen LogP) is -4.28. The smallest absolute Gasteiger partial charge is 0.340 e. The lowest BCUT2D eigenvalue weighted by atomic mass is 9.94. The van der Waals surface area contributed by atoms with Crippen LogP contribution in [0.15, 0.2) is 24.4 Å². The van der Waals surface area contributed by atoms with Crippen molar-refractivity contribution in [3.05, 3.63) is 30.0 Å². The van der Waals surface area contributed by atoms with Gasteiger partial charge in [0.2, 0.25) is 35.4 Å². The first-order valence-electron chi connectivity index (χ1n) is 26.7. The molecule has 5 fully saturated rings. The number of thioether (sulfide) groups is 1. The molecule has 83 heavy (non-hydrogen) atoms. The second kappa shape index (κ2) is 31.5. The SMILES string of the molecule is CC(=O)N1CCO[C@H]2O[C@H](CNC(=O)COCCOCCOC(=O)Cn3cc(C(=O)OCCOCCOCC(=O)NC[C@H]4O[C@@H]5OCCN(C(C)=O)[C@@H]5[C@@H](O)[C@H]4O)c4cc(OCCN5C(=O)CC(SCC(=O)S)C5=O)ccc43)[C@H](O)[C@H](O)[C@H]21. The Morgan fingerprint density at radius 1 is 0.699 bits per heavy atom. The number of nitrogens with one attached hydrogen (secondary N) is 2. The zero-order valence-electron chi connectivity index (χ0n) is 45.6. The summed E-state index contributed by atoms with van der Waals surface area (Å²) in [5.41, 5.74) is 0.464. The number of carbonyl (C=O) groups excluding carboxylic acids is 9. The van der Waals surface area contributed by atoms with Crippen molar-refractivity contribution in [3.63, 3.8) is 0 Å². The molecule has 0 radical (unpaired) electrons. The van der Waals surface area contributed by atoms with E-state index in [4.69, 9.17) is 52.1 Å². The summed E-state index contributed by atoms with van der Waals surface area (Å²) in [5, 5.41) is 47.0. The van der Waals surface area contributed by atoms with Gasteiger partial charge in [0, 0.05) is 63.5 Å². The number of carbonyl (C=O) groups is 9. The van der Waals surface area contributed by atoms with Crippen LogP contribution in [0.4, 0.5) is 0 Å². The van der Waals surface area contributed by atoms with Crippen molar-refractivity contribution >= 4 is 87.8 Å². The number of morpholine rings is 2. The minimum atomic E-state index is -1.41. The number of aliphatic hydroxyl groups is 4. The molecule has 1 aromatic carbocycles. The molecule has 5 saturated heterocycles. The number of rotatable bonds is 30. The Kier molecular flexibility index (Phi) is 24.7. The first-order valence-corrected chi connectivity index (χ1v) is 28.2. The van der Waals surface area contributed by atoms with Crippen molar-refractivity contribution in [2.24, 2.45) is 0 Å². The van der Waals surface area contributed by atoms with Crippen LogP contribution in [0, 0.1) is 0 Å². The number of fused-ring (bicyclic) bond motifs is 3. The Hall–Kier alpha value is -5.59. The molecule has 7 rings (SSSR count). The maximum Gasteiger partial charge on any atom is 0.340 e. The second-order valence-electron chi connectivity index (χ2n) is 19.5. The zero-order valence-corrected chi connectivity index (χ0v) is 47.3. The minimum Gasteiger partial charge on any atom is -0.492 e. The number of aromatic nitrogens is 1. The van der Waals surface area contributed by atoms with Crippen LogP contribution in [0.5, 0.6) is 5.75 Å². The van der Waals surface area contributed by atoms with Crippen LogP contribution in [-0.4, -0.2) is 283 Å². The monoisotopic (exact) mass is 1210 g/mol. The van der Waals surface area contributed by atoms with Gasteiger partial charge in [-0.2, -0.15) is 0 Å². The number of thiol groups is 1. The number of amides is 6. The number of ether oxygens (including phenoxy) is 11. The summed E-state index contributed by atoms with van der Waals surface area (Å²) in [6.45, 7) is 1.46. The molecule has 2 aromatic rings. The Balaban J connectivity index is 0.817. The Morgan fingerprint density at radius 3 is 1.77 bits per heavy atom. The first-order chi connectivity index (χ1) is 39.8. The van der Waals surface area contributed by atoms with Crippen LogP contribution in [-0.2, 0) is 92.3 Å². The summed E-state index contributed by atoms with van der Waals surface area (Å²) in [7, 11) is 0. The van der Waals surface area contributed by atoms with Gasteiger partial charge in [0.05, 0.1) is 76.0 Å². The number of hydrogen-bond acceptors (Lipinski definition) is 25. The fourth-order valence-electron chi connectivity index (χ4n) is 9.75. The van der Waals surface area contributed by atoms with Gasteiger partial charge in [0.1, 0.15) is 94.0 Å². The number of nitrogens with zero attached hydrogens (tertiary/aromatic N) is 4. The predicted molar refractivity (Wildman–Crippen MR) is 285 cm³/mol. The lowest BCUT2D eigenvalue weighted by Crippen LogP contribution is -2.68. The van der Waals surface area contributed by atoms with Crippen molar-refractivity contribution in [2.45, 2.75) is 93.4 Å². The van der Waals surface area contributed by atoms with Crippen LogP contribution in [0.25, 0.3) is 10.9 Å². The van der Waals surface area contributed by atoms with Crippen LogP contribution < -0.4 is 15.4 Å². The molecule has 460 valence electrons. The molecule has 11 atom stereocenters. The highest BCUT2D eigenvalue weighted by molar-refractivity contribution is 8.05. The van der Waals surface area contributed by atoms with Gasteiger partial charge >= 0.3 is 11.9 Å². The largest absolute Gasteiger partial charge is 0.492 e. The molecule has 0 spiro atoms.